The van der Waals surface area contributed by atoms with E-state index in [1.807, 2.05) is 6.92 Å². The Morgan fingerprint density at radius 2 is 2.05 bits per heavy atom. The van der Waals surface area contributed by atoms with E-state index in [2.05, 4.69) is 10.6 Å². The van der Waals surface area contributed by atoms with Crippen LogP contribution in [0.2, 0.25) is 0 Å². The molecule has 1 aromatic rings. The van der Waals surface area contributed by atoms with Crippen molar-refractivity contribution in [2.75, 3.05) is 19.0 Å². The monoisotopic (exact) mass is 281 g/mol. The van der Waals surface area contributed by atoms with Gasteiger partial charge < -0.3 is 15.4 Å². The number of nitro benzene ring substituents is 1. The average Bonchev–Trinajstić information content (AvgIpc) is 2.44. The van der Waals surface area contributed by atoms with Gasteiger partial charge in [-0.1, -0.05) is 6.92 Å². The van der Waals surface area contributed by atoms with Crippen LogP contribution in [0.3, 0.4) is 0 Å². The van der Waals surface area contributed by atoms with Gasteiger partial charge in [0, 0.05) is 12.6 Å². The van der Waals surface area contributed by atoms with Gasteiger partial charge in [-0.05, 0) is 12.5 Å². The fourth-order valence-electron chi connectivity index (χ4n) is 1.39. The quantitative estimate of drug-likeness (QED) is 0.476. The normalized spacial score (nSPS) is 9.70. The summed E-state index contributed by atoms with van der Waals surface area (Å²) < 4.78 is 4.95. The van der Waals surface area contributed by atoms with Crippen LogP contribution in [0.15, 0.2) is 18.2 Å². The predicted octanol–water partition coefficient (Wildman–Crippen LogP) is 1.07. The molecule has 0 saturated carbocycles. The third kappa shape index (κ3) is 3.94. The largest absolute Gasteiger partial charge is 0.494 e. The van der Waals surface area contributed by atoms with Gasteiger partial charge in [-0.2, -0.15) is 0 Å². The first kappa shape index (κ1) is 15.4. The van der Waals surface area contributed by atoms with Gasteiger partial charge in [0.05, 0.1) is 23.8 Å². The molecule has 0 fully saturated rings. The SMILES string of the molecule is CCCNC(=O)C(=O)Nc1ccc([N+](=O)[O-])cc1OC. The zero-order valence-corrected chi connectivity index (χ0v) is 11.1. The minimum absolute atomic E-state index is 0.107. The highest BCUT2D eigenvalue weighted by molar-refractivity contribution is 6.39. The number of nitrogens with zero attached hydrogens (tertiary/aromatic N) is 1. The van der Waals surface area contributed by atoms with Gasteiger partial charge in [0.2, 0.25) is 0 Å². The Labute approximate surface area is 115 Å². The number of hydrogen-bond acceptors (Lipinski definition) is 5. The molecule has 0 saturated heterocycles. The molecule has 8 nitrogen and oxygen atoms in total. The van der Waals surface area contributed by atoms with Gasteiger partial charge in [-0.25, -0.2) is 0 Å². The van der Waals surface area contributed by atoms with Crippen LogP contribution >= 0.6 is 0 Å². The Morgan fingerprint density at radius 1 is 1.35 bits per heavy atom. The van der Waals surface area contributed by atoms with E-state index in [1.165, 1.54) is 25.3 Å². The number of benzene rings is 1. The molecule has 2 amide bonds. The average molecular weight is 281 g/mol. The first-order chi connectivity index (χ1) is 9.49. The van der Waals surface area contributed by atoms with Crippen molar-refractivity contribution >= 4 is 23.2 Å². The molecule has 0 radical (unpaired) electrons. The van der Waals surface area contributed by atoms with Crippen LogP contribution in [-0.4, -0.2) is 30.4 Å². The molecule has 1 aromatic carbocycles. The van der Waals surface area contributed by atoms with Crippen LogP contribution < -0.4 is 15.4 Å². The van der Waals surface area contributed by atoms with Crippen molar-refractivity contribution in [3.8, 4) is 5.75 Å². The number of hydrogen-bond donors (Lipinski definition) is 2. The molecule has 0 atom stereocenters. The lowest BCUT2D eigenvalue weighted by Crippen LogP contribution is -2.35. The van der Waals surface area contributed by atoms with Crippen LogP contribution in [0.1, 0.15) is 13.3 Å². The summed E-state index contributed by atoms with van der Waals surface area (Å²) in [5, 5.41) is 15.4. The summed E-state index contributed by atoms with van der Waals surface area (Å²) in [5.41, 5.74) is 0.0185. The smallest absolute Gasteiger partial charge is 0.313 e. The van der Waals surface area contributed by atoms with Gasteiger partial charge in [0.15, 0.2) is 0 Å². The molecule has 0 aliphatic heterocycles. The molecule has 0 aliphatic rings. The van der Waals surface area contributed by atoms with Crippen LogP contribution in [0.5, 0.6) is 5.75 Å². The van der Waals surface area contributed by atoms with E-state index in [9.17, 15) is 19.7 Å². The highest BCUT2D eigenvalue weighted by Crippen LogP contribution is 2.28. The molecule has 0 aromatic heterocycles. The number of nitrogens with one attached hydrogen (secondary N) is 2. The van der Waals surface area contributed by atoms with Crippen molar-refractivity contribution in [3.63, 3.8) is 0 Å². The summed E-state index contributed by atoms with van der Waals surface area (Å²) in [4.78, 5) is 33.0. The third-order valence-electron chi connectivity index (χ3n) is 2.39. The van der Waals surface area contributed by atoms with E-state index in [1.54, 1.807) is 0 Å². The van der Waals surface area contributed by atoms with Crippen LogP contribution in [0, 0.1) is 10.1 Å². The maximum absolute atomic E-state index is 11.6. The zero-order valence-electron chi connectivity index (χ0n) is 11.1. The van der Waals surface area contributed by atoms with Gasteiger partial charge >= 0.3 is 11.8 Å². The molecule has 1 rings (SSSR count). The Kier molecular flexibility index (Phi) is 5.45. The number of rotatable bonds is 5. The summed E-state index contributed by atoms with van der Waals surface area (Å²) in [6.07, 6.45) is 0.708. The summed E-state index contributed by atoms with van der Waals surface area (Å²) in [7, 11) is 1.31. The highest BCUT2D eigenvalue weighted by atomic mass is 16.6. The van der Waals surface area contributed by atoms with Crippen molar-refractivity contribution in [3.05, 3.63) is 28.3 Å². The van der Waals surface area contributed by atoms with Crippen LogP contribution in [0.25, 0.3) is 0 Å². The highest BCUT2D eigenvalue weighted by Gasteiger charge is 2.17. The molecule has 0 spiro atoms. The Bertz CT molecular complexity index is 530. The van der Waals surface area contributed by atoms with E-state index in [-0.39, 0.29) is 17.1 Å². The second-order valence-corrected chi connectivity index (χ2v) is 3.85. The molecule has 2 N–H and O–H groups in total. The Hall–Kier alpha value is -2.64. The number of non-ortho nitro benzene ring substituents is 1. The number of methoxy groups -OCH3 is 1. The van der Waals surface area contributed by atoms with Crippen molar-refractivity contribution in [2.45, 2.75) is 13.3 Å². The molecule has 20 heavy (non-hydrogen) atoms. The minimum atomic E-state index is -0.856. The fraction of sp³-hybridized carbons (Fsp3) is 0.333. The Balaban J connectivity index is 2.84. The molecule has 108 valence electrons. The van der Waals surface area contributed by atoms with E-state index < -0.39 is 16.7 Å². The van der Waals surface area contributed by atoms with E-state index in [0.717, 1.165) is 0 Å². The molecule has 0 heterocycles. The number of carbonyl (C=O) groups excluding carboxylic acids is 2. The first-order valence-electron chi connectivity index (χ1n) is 5.91. The lowest BCUT2D eigenvalue weighted by molar-refractivity contribution is -0.384. The number of carbonyl (C=O) groups is 2. The number of amides is 2. The fourth-order valence-corrected chi connectivity index (χ4v) is 1.39. The van der Waals surface area contributed by atoms with E-state index >= 15 is 0 Å². The van der Waals surface area contributed by atoms with Gasteiger partial charge in [-0.3, -0.25) is 19.7 Å². The molecular weight excluding hydrogens is 266 g/mol. The second kappa shape index (κ2) is 7.07. The standard InChI is InChI=1S/C12H15N3O5/c1-3-6-13-11(16)12(17)14-9-5-4-8(15(18)19)7-10(9)20-2/h4-5,7H,3,6H2,1-2H3,(H,13,16)(H,14,17). The molecule has 0 aliphatic carbocycles. The molecular formula is C12H15N3O5. The maximum Gasteiger partial charge on any atom is 0.313 e. The van der Waals surface area contributed by atoms with Crippen molar-refractivity contribution in [1.82, 2.24) is 5.32 Å². The third-order valence-corrected chi connectivity index (χ3v) is 2.39. The summed E-state index contributed by atoms with van der Waals surface area (Å²) in [6.45, 7) is 2.25. The summed E-state index contributed by atoms with van der Waals surface area (Å²) in [6, 6.07) is 3.68. The van der Waals surface area contributed by atoms with Crippen molar-refractivity contribution < 1.29 is 19.2 Å². The summed E-state index contributed by atoms with van der Waals surface area (Å²) >= 11 is 0. The number of ether oxygens (including phenoxy) is 1. The van der Waals surface area contributed by atoms with Gasteiger partial charge in [-0.15, -0.1) is 0 Å². The predicted molar refractivity (Wildman–Crippen MR) is 71.6 cm³/mol. The maximum atomic E-state index is 11.6. The topological polar surface area (TPSA) is 111 Å². The van der Waals surface area contributed by atoms with Crippen LogP contribution in [0.4, 0.5) is 11.4 Å². The Morgan fingerprint density at radius 3 is 2.60 bits per heavy atom. The zero-order chi connectivity index (χ0) is 15.1. The van der Waals surface area contributed by atoms with Crippen LogP contribution in [-0.2, 0) is 9.59 Å². The van der Waals surface area contributed by atoms with Gasteiger partial charge in [0.25, 0.3) is 5.69 Å². The number of nitro groups is 1. The molecule has 8 heteroatoms. The van der Waals surface area contributed by atoms with E-state index in [4.69, 9.17) is 4.74 Å². The molecule has 0 unspecified atom stereocenters. The second-order valence-electron chi connectivity index (χ2n) is 3.85. The van der Waals surface area contributed by atoms with Gasteiger partial charge in [0.1, 0.15) is 5.75 Å². The lowest BCUT2D eigenvalue weighted by atomic mass is 10.2. The lowest BCUT2D eigenvalue weighted by Gasteiger charge is -2.09. The summed E-state index contributed by atoms with van der Waals surface area (Å²) in [5.74, 6) is -1.52. The molecule has 0 bridgehead atoms. The van der Waals surface area contributed by atoms with E-state index in [0.29, 0.717) is 13.0 Å². The number of anilines is 1. The first-order valence-corrected chi connectivity index (χ1v) is 5.91. The van der Waals surface area contributed by atoms with Crippen molar-refractivity contribution in [2.24, 2.45) is 0 Å². The minimum Gasteiger partial charge on any atom is -0.494 e. The van der Waals surface area contributed by atoms with Crippen molar-refractivity contribution in [1.29, 1.82) is 0 Å².